The van der Waals surface area contributed by atoms with Crippen LogP contribution in [0.2, 0.25) is 0 Å². The number of ether oxygens (including phenoxy) is 3. The minimum atomic E-state index is -4.44. The fourth-order valence-electron chi connectivity index (χ4n) is 4.42. The van der Waals surface area contributed by atoms with E-state index in [0.29, 0.717) is 35.9 Å². The molecule has 0 aromatic heterocycles. The Labute approximate surface area is 221 Å². The molecule has 4 rings (SSSR count). The van der Waals surface area contributed by atoms with Gasteiger partial charge in [-0.05, 0) is 86.8 Å². The lowest BCUT2D eigenvalue weighted by Gasteiger charge is -2.39. The van der Waals surface area contributed by atoms with Crippen LogP contribution in [0.5, 0.6) is 17.2 Å². The Bertz CT molecular complexity index is 1230. The molecule has 3 aromatic rings. The highest BCUT2D eigenvalue weighted by Crippen LogP contribution is 2.36. The molecule has 0 N–H and O–H groups in total. The van der Waals surface area contributed by atoms with Gasteiger partial charge in [-0.15, -0.1) is 0 Å². The fraction of sp³-hybridized carbons (Fsp3) is 0.345. The molecule has 1 atom stereocenters. The highest BCUT2D eigenvalue weighted by Gasteiger charge is 2.33. The quantitative estimate of drug-likeness (QED) is 0.287. The van der Waals surface area contributed by atoms with E-state index in [2.05, 4.69) is 0 Å². The molecule has 0 unspecified atom stereocenters. The Kier molecular flexibility index (Phi) is 8.27. The molecule has 0 saturated carbocycles. The number of hydrogen-bond donors (Lipinski definition) is 0. The van der Waals surface area contributed by atoms with Crippen LogP contribution in [0.4, 0.5) is 13.2 Å². The van der Waals surface area contributed by atoms with Crippen molar-refractivity contribution < 1.29 is 27.4 Å². The molecule has 0 amide bonds. The van der Waals surface area contributed by atoms with Gasteiger partial charge in [0, 0.05) is 12.1 Å². The molecule has 3 aromatic carbocycles. The third-order valence-electron chi connectivity index (χ3n) is 6.08. The molecule has 0 spiro atoms. The molecule has 196 valence electrons. The second-order valence-corrected chi connectivity index (χ2v) is 9.47. The van der Waals surface area contributed by atoms with Crippen molar-refractivity contribution in [2.45, 2.75) is 45.5 Å². The Morgan fingerprint density at radius 1 is 0.973 bits per heavy atom. The predicted molar refractivity (Wildman–Crippen MR) is 142 cm³/mol. The van der Waals surface area contributed by atoms with Crippen LogP contribution in [0.3, 0.4) is 0 Å². The summed E-state index contributed by atoms with van der Waals surface area (Å²) in [7, 11) is 0. The van der Waals surface area contributed by atoms with Gasteiger partial charge in [-0.3, -0.25) is 0 Å². The van der Waals surface area contributed by atoms with E-state index >= 15 is 0 Å². The Morgan fingerprint density at radius 2 is 1.65 bits per heavy atom. The molecule has 1 aliphatic rings. The van der Waals surface area contributed by atoms with Gasteiger partial charge in [0.25, 0.3) is 0 Å². The Morgan fingerprint density at radius 3 is 2.30 bits per heavy atom. The smallest absolute Gasteiger partial charge is 0.416 e. The van der Waals surface area contributed by atoms with E-state index in [1.165, 1.54) is 6.07 Å². The molecule has 1 aliphatic heterocycles. The van der Waals surface area contributed by atoms with Gasteiger partial charge in [0.05, 0.1) is 24.3 Å². The molecular weight excluding hydrogens is 499 g/mol. The van der Waals surface area contributed by atoms with E-state index < -0.39 is 11.7 Å². The molecule has 0 saturated heterocycles. The monoisotopic (exact) mass is 529 g/mol. The van der Waals surface area contributed by atoms with E-state index in [0.717, 1.165) is 34.8 Å². The van der Waals surface area contributed by atoms with Crippen LogP contribution < -0.4 is 14.2 Å². The summed E-state index contributed by atoms with van der Waals surface area (Å²) in [4.78, 5) is 2.32. The van der Waals surface area contributed by atoms with E-state index in [1.807, 2.05) is 68.1 Å². The van der Waals surface area contributed by atoms with Crippen LogP contribution in [0.15, 0.2) is 66.7 Å². The standard InChI is InChI=1S/C29H30F3NO3S/c1-4-34-23-8-10-24(11-9-23)35-18-27-26-13-12-25(36-19(2)3)17-20(26)14-15-33(27)28(37)21-6-5-7-22(16-21)29(30,31)32/h5-13,16-17,19,27H,4,14-15,18H2,1-3H3/t27-/m0/s1. The summed E-state index contributed by atoms with van der Waals surface area (Å²) in [6, 6.07) is 18.2. The summed E-state index contributed by atoms with van der Waals surface area (Å²) in [5.74, 6) is 2.21. The third kappa shape index (κ3) is 6.55. The van der Waals surface area contributed by atoms with Crippen molar-refractivity contribution in [2.75, 3.05) is 19.8 Å². The molecule has 37 heavy (non-hydrogen) atoms. The van der Waals surface area contributed by atoms with Gasteiger partial charge in [0.2, 0.25) is 0 Å². The zero-order valence-corrected chi connectivity index (χ0v) is 21.9. The summed E-state index contributed by atoms with van der Waals surface area (Å²) < 4.78 is 57.6. The van der Waals surface area contributed by atoms with Crippen LogP contribution in [0.1, 0.15) is 49.1 Å². The number of hydrogen-bond acceptors (Lipinski definition) is 4. The summed E-state index contributed by atoms with van der Waals surface area (Å²) >= 11 is 5.75. The topological polar surface area (TPSA) is 30.9 Å². The van der Waals surface area contributed by atoms with Crippen molar-refractivity contribution >= 4 is 17.2 Å². The number of benzene rings is 3. The fourth-order valence-corrected chi connectivity index (χ4v) is 4.77. The van der Waals surface area contributed by atoms with Gasteiger partial charge in [-0.2, -0.15) is 13.2 Å². The van der Waals surface area contributed by atoms with Gasteiger partial charge >= 0.3 is 6.18 Å². The van der Waals surface area contributed by atoms with E-state index in [9.17, 15) is 13.2 Å². The van der Waals surface area contributed by atoms with E-state index in [-0.39, 0.29) is 18.8 Å². The van der Waals surface area contributed by atoms with Crippen LogP contribution in [0.25, 0.3) is 0 Å². The Balaban J connectivity index is 1.63. The Hall–Kier alpha value is -3.26. The lowest BCUT2D eigenvalue weighted by molar-refractivity contribution is -0.137. The largest absolute Gasteiger partial charge is 0.494 e. The molecule has 8 heteroatoms. The first-order valence-corrected chi connectivity index (χ1v) is 12.7. The van der Waals surface area contributed by atoms with Gasteiger partial charge < -0.3 is 19.1 Å². The van der Waals surface area contributed by atoms with Gasteiger partial charge in [0.15, 0.2) is 0 Å². The highest BCUT2D eigenvalue weighted by molar-refractivity contribution is 7.80. The number of fused-ring (bicyclic) bond motifs is 1. The molecule has 0 bridgehead atoms. The number of rotatable bonds is 8. The second kappa shape index (κ2) is 11.4. The van der Waals surface area contributed by atoms with Crippen LogP contribution in [-0.4, -0.2) is 35.8 Å². The van der Waals surface area contributed by atoms with Gasteiger partial charge in [-0.25, -0.2) is 0 Å². The number of thiocarbonyl (C=S) groups is 1. The SMILES string of the molecule is CCOc1ccc(OC[C@H]2c3ccc(OC(C)C)cc3CCN2C(=S)c2cccc(C(F)(F)F)c2)cc1. The van der Waals surface area contributed by atoms with Crippen molar-refractivity contribution in [2.24, 2.45) is 0 Å². The summed E-state index contributed by atoms with van der Waals surface area (Å²) in [6.45, 7) is 7.26. The molecule has 0 radical (unpaired) electrons. The van der Waals surface area contributed by atoms with Crippen molar-refractivity contribution in [1.82, 2.24) is 4.90 Å². The van der Waals surface area contributed by atoms with Gasteiger partial charge in [-0.1, -0.05) is 30.4 Å². The summed E-state index contributed by atoms with van der Waals surface area (Å²) in [5.41, 5.74) is 1.77. The van der Waals surface area contributed by atoms with E-state index in [4.69, 9.17) is 26.4 Å². The molecule has 1 heterocycles. The van der Waals surface area contributed by atoms with Crippen LogP contribution in [0, 0.1) is 0 Å². The van der Waals surface area contributed by atoms with Crippen molar-refractivity contribution in [3.63, 3.8) is 0 Å². The first-order chi connectivity index (χ1) is 17.7. The normalized spacial score (nSPS) is 15.3. The first kappa shape index (κ1) is 26.8. The lowest BCUT2D eigenvalue weighted by Crippen LogP contribution is -2.42. The summed E-state index contributed by atoms with van der Waals surface area (Å²) in [6.07, 6.45) is -3.71. The predicted octanol–water partition coefficient (Wildman–Crippen LogP) is 7.25. The molecule has 4 nitrogen and oxygen atoms in total. The maximum atomic E-state index is 13.4. The maximum absolute atomic E-state index is 13.4. The molecule has 0 aliphatic carbocycles. The van der Waals surface area contributed by atoms with Crippen molar-refractivity contribution in [3.8, 4) is 17.2 Å². The highest BCUT2D eigenvalue weighted by atomic mass is 32.1. The minimum Gasteiger partial charge on any atom is -0.494 e. The molecule has 0 fully saturated rings. The summed E-state index contributed by atoms with van der Waals surface area (Å²) in [5, 5.41) is 0. The minimum absolute atomic E-state index is 0.0467. The van der Waals surface area contributed by atoms with Gasteiger partial charge in [0.1, 0.15) is 28.8 Å². The van der Waals surface area contributed by atoms with Crippen LogP contribution >= 0.6 is 12.2 Å². The van der Waals surface area contributed by atoms with Crippen molar-refractivity contribution in [3.05, 3.63) is 89.0 Å². The molecular formula is C29H30F3NO3S. The maximum Gasteiger partial charge on any atom is 0.416 e. The zero-order chi connectivity index (χ0) is 26.6. The zero-order valence-electron chi connectivity index (χ0n) is 21.0. The third-order valence-corrected chi connectivity index (χ3v) is 6.55. The average Bonchev–Trinajstić information content (AvgIpc) is 2.87. The average molecular weight is 530 g/mol. The number of halogens is 3. The first-order valence-electron chi connectivity index (χ1n) is 12.3. The number of alkyl halides is 3. The van der Waals surface area contributed by atoms with Crippen LogP contribution in [-0.2, 0) is 12.6 Å². The van der Waals surface area contributed by atoms with E-state index in [1.54, 1.807) is 6.07 Å². The lowest BCUT2D eigenvalue weighted by atomic mass is 9.92. The second-order valence-electron chi connectivity index (χ2n) is 9.09. The van der Waals surface area contributed by atoms with Crippen molar-refractivity contribution in [1.29, 1.82) is 0 Å². The number of nitrogens with zero attached hydrogens (tertiary/aromatic N) is 1.